The van der Waals surface area contributed by atoms with Crippen LogP contribution in [0.25, 0.3) is 0 Å². The minimum Gasteiger partial charge on any atom is -0.392 e. The lowest BCUT2D eigenvalue weighted by molar-refractivity contribution is 0.281. The highest BCUT2D eigenvalue weighted by Crippen LogP contribution is 2.23. The largest absolute Gasteiger partial charge is 0.392 e. The van der Waals surface area contributed by atoms with Crippen LogP contribution in [0.5, 0.6) is 0 Å². The fraction of sp³-hybridized carbons (Fsp3) is 0.250. The van der Waals surface area contributed by atoms with Crippen molar-refractivity contribution in [1.29, 1.82) is 0 Å². The van der Waals surface area contributed by atoms with Gasteiger partial charge in [-0.3, -0.25) is 0 Å². The molecule has 1 aromatic rings. The van der Waals surface area contributed by atoms with Crippen LogP contribution in [0.1, 0.15) is 11.1 Å². The van der Waals surface area contributed by atoms with Crippen molar-refractivity contribution in [2.45, 2.75) is 13.5 Å². The van der Waals surface area contributed by atoms with Crippen molar-refractivity contribution in [3.63, 3.8) is 0 Å². The Morgan fingerprint density at radius 3 is 2.73 bits per heavy atom. The van der Waals surface area contributed by atoms with Crippen molar-refractivity contribution in [1.82, 2.24) is 0 Å². The van der Waals surface area contributed by atoms with E-state index in [0.717, 1.165) is 11.1 Å². The molecule has 0 aliphatic heterocycles. The quantitative estimate of drug-likeness (QED) is 0.721. The van der Waals surface area contributed by atoms with Gasteiger partial charge in [-0.1, -0.05) is 23.2 Å². The molecule has 0 aliphatic rings. The summed E-state index contributed by atoms with van der Waals surface area (Å²) in [6.07, 6.45) is 0. The topological polar surface area (TPSA) is 20.2 Å². The van der Waals surface area contributed by atoms with Gasteiger partial charge in [-0.25, -0.2) is 0 Å². The van der Waals surface area contributed by atoms with E-state index >= 15 is 0 Å². The van der Waals surface area contributed by atoms with Gasteiger partial charge in [0, 0.05) is 6.07 Å². The number of rotatable bonds is 1. The van der Waals surface area contributed by atoms with Gasteiger partial charge in [-0.2, -0.15) is 0 Å². The van der Waals surface area contributed by atoms with Crippen molar-refractivity contribution in [2.75, 3.05) is 0 Å². The van der Waals surface area contributed by atoms with Gasteiger partial charge >= 0.3 is 0 Å². The normalized spacial score (nSPS) is 10.2. The lowest BCUT2D eigenvalue weighted by Crippen LogP contribution is -1.89. The molecule has 1 aromatic carbocycles. The SMILES string of the molecule is Cc1c(Cl)[c]c(Cl)cc1CO. The van der Waals surface area contributed by atoms with Crippen molar-refractivity contribution in [3.8, 4) is 0 Å². The second-order valence-electron chi connectivity index (χ2n) is 2.24. The Kier molecular flexibility index (Phi) is 2.77. The van der Waals surface area contributed by atoms with Gasteiger partial charge in [0.05, 0.1) is 16.7 Å². The summed E-state index contributed by atoms with van der Waals surface area (Å²) in [5.41, 5.74) is 1.58. The van der Waals surface area contributed by atoms with E-state index in [9.17, 15) is 0 Å². The molecule has 1 nitrogen and oxygen atoms in total. The monoisotopic (exact) mass is 189 g/mol. The predicted molar refractivity (Wildman–Crippen MR) is 46.0 cm³/mol. The molecular weight excluding hydrogens is 183 g/mol. The van der Waals surface area contributed by atoms with Crippen molar-refractivity contribution in [2.24, 2.45) is 0 Å². The Bertz CT molecular complexity index is 271. The fourth-order valence-electron chi connectivity index (χ4n) is 0.801. The average Bonchev–Trinajstić information content (AvgIpc) is 1.96. The fourth-order valence-corrected chi connectivity index (χ4v) is 1.30. The third-order valence-electron chi connectivity index (χ3n) is 1.51. The molecule has 0 aromatic heterocycles. The van der Waals surface area contributed by atoms with Crippen LogP contribution in [0, 0.1) is 13.0 Å². The Balaban J connectivity index is 3.24. The highest BCUT2D eigenvalue weighted by atomic mass is 35.5. The third-order valence-corrected chi connectivity index (χ3v) is 2.09. The van der Waals surface area contributed by atoms with E-state index in [-0.39, 0.29) is 6.61 Å². The van der Waals surface area contributed by atoms with Crippen molar-refractivity contribution >= 4 is 23.2 Å². The molecule has 3 heteroatoms. The summed E-state index contributed by atoms with van der Waals surface area (Å²) in [4.78, 5) is 0. The molecule has 0 fully saturated rings. The van der Waals surface area contributed by atoms with Gasteiger partial charge in [-0.15, -0.1) is 0 Å². The molecule has 0 aliphatic carbocycles. The second-order valence-corrected chi connectivity index (χ2v) is 3.02. The van der Waals surface area contributed by atoms with Gasteiger partial charge in [0.2, 0.25) is 0 Å². The molecule has 1 N–H and O–H groups in total. The van der Waals surface area contributed by atoms with E-state index in [2.05, 4.69) is 6.07 Å². The summed E-state index contributed by atoms with van der Waals surface area (Å²) >= 11 is 11.4. The first kappa shape index (κ1) is 8.85. The highest BCUT2D eigenvalue weighted by molar-refractivity contribution is 6.34. The van der Waals surface area contributed by atoms with Crippen LogP contribution in [0.4, 0.5) is 0 Å². The van der Waals surface area contributed by atoms with Crippen LogP contribution < -0.4 is 0 Å². The lowest BCUT2D eigenvalue weighted by Gasteiger charge is -2.03. The minimum absolute atomic E-state index is 0.0417. The molecule has 59 valence electrons. The molecular formula is C8H7Cl2O. The van der Waals surface area contributed by atoms with Gasteiger partial charge in [0.25, 0.3) is 0 Å². The molecule has 0 saturated heterocycles. The van der Waals surface area contributed by atoms with Crippen molar-refractivity contribution in [3.05, 3.63) is 33.3 Å². The third kappa shape index (κ3) is 1.86. The van der Waals surface area contributed by atoms with Crippen LogP contribution >= 0.6 is 23.2 Å². The Hall–Kier alpha value is -0.240. The van der Waals surface area contributed by atoms with Gasteiger partial charge in [0.15, 0.2) is 0 Å². The minimum atomic E-state index is -0.0417. The maximum absolute atomic E-state index is 8.84. The molecule has 0 amide bonds. The van der Waals surface area contributed by atoms with E-state index in [1.54, 1.807) is 6.07 Å². The van der Waals surface area contributed by atoms with E-state index in [4.69, 9.17) is 28.3 Å². The standard InChI is InChI=1S/C8H7Cl2O/c1-5-6(4-11)2-7(9)3-8(5)10/h2,11H,4H2,1H3. The molecule has 1 rings (SSSR count). The predicted octanol–water partition coefficient (Wildman–Crippen LogP) is 2.59. The number of aliphatic hydroxyl groups excluding tert-OH is 1. The Morgan fingerprint density at radius 1 is 1.55 bits per heavy atom. The first-order valence-corrected chi connectivity index (χ1v) is 3.88. The molecule has 0 unspecified atom stereocenters. The Labute approximate surface area is 75.6 Å². The molecule has 0 atom stereocenters. The van der Waals surface area contributed by atoms with Crippen molar-refractivity contribution < 1.29 is 5.11 Å². The van der Waals surface area contributed by atoms with E-state index < -0.39 is 0 Å². The van der Waals surface area contributed by atoms with Gasteiger partial charge in [0.1, 0.15) is 0 Å². The van der Waals surface area contributed by atoms with E-state index in [0.29, 0.717) is 10.0 Å². The van der Waals surface area contributed by atoms with Crippen LogP contribution in [0.3, 0.4) is 0 Å². The Morgan fingerprint density at radius 2 is 2.18 bits per heavy atom. The maximum atomic E-state index is 8.84. The number of aliphatic hydroxyl groups is 1. The number of benzene rings is 1. The summed E-state index contributed by atoms with van der Waals surface area (Å²) in [6.45, 7) is 1.78. The molecule has 1 radical (unpaired) electrons. The molecule has 0 spiro atoms. The van der Waals surface area contributed by atoms with Crippen LogP contribution in [-0.2, 0) is 6.61 Å². The molecule has 0 saturated carbocycles. The first-order chi connectivity index (χ1) is 5.15. The maximum Gasteiger partial charge on any atom is 0.0685 e. The first-order valence-electron chi connectivity index (χ1n) is 3.13. The molecule has 0 heterocycles. The second kappa shape index (κ2) is 3.44. The summed E-state index contributed by atoms with van der Waals surface area (Å²) in [5, 5.41) is 9.74. The zero-order valence-corrected chi connectivity index (χ0v) is 7.50. The van der Waals surface area contributed by atoms with Crippen LogP contribution in [0.2, 0.25) is 10.0 Å². The highest BCUT2D eigenvalue weighted by Gasteiger charge is 2.03. The smallest absolute Gasteiger partial charge is 0.0685 e. The number of hydrogen-bond acceptors (Lipinski definition) is 1. The molecule has 0 bridgehead atoms. The van der Waals surface area contributed by atoms with Gasteiger partial charge < -0.3 is 5.11 Å². The van der Waals surface area contributed by atoms with Crippen LogP contribution in [-0.4, -0.2) is 5.11 Å². The number of halogens is 2. The van der Waals surface area contributed by atoms with E-state index in [1.165, 1.54) is 0 Å². The zero-order chi connectivity index (χ0) is 8.43. The molecule has 11 heavy (non-hydrogen) atoms. The zero-order valence-electron chi connectivity index (χ0n) is 5.99. The van der Waals surface area contributed by atoms with Crippen LogP contribution in [0.15, 0.2) is 6.07 Å². The van der Waals surface area contributed by atoms with Gasteiger partial charge in [-0.05, 0) is 24.1 Å². The van der Waals surface area contributed by atoms with E-state index in [1.807, 2.05) is 6.92 Å². The summed E-state index contributed by atoms with van der Waals surface area (Å²) < 4.78 is 0. The average molecular weight is 190 g/mol. The summed E-state index contributed by atoms with van der Waals surface area (Å²) in [7, 11) is 0. The summed E-state index contributed by atoms with van der Waals surface area (Å²) in [5.74, 6) is 0. The lowest BCUT2D eigenvalue weighted by atomic mass is 10.1. The summed E-state index contributed by atoms with van der Waals surface area (Å²) in [6, 6.07) is 4.39. The number of hydrogen-bond donors (Lipinski definition) is 1.